The molecule has 0 radical (unpaired) electrons. The summed E-state index contributed by atoms with van der Waals surface area (Å²) in [6.07, 6.45) is 4.47. The number of aromatic nitrogens is 1. The summed E-state index contributed by atoms with van der Waals surface area (Å²) in [5.41, 5.74) is 3.26. The topological polar surface area (TPSA) is 72.8 Å². The highest BCUT2D eigenvalue weighted by Gasteiger charge is 2.04. The largest absolute Gasteiger partial charge is 0.497 e. The molecular weight excluding hydrogens is 338 g/mol. The maximum Gasteiger partial charge on any atom is 0.240 e. The Balaban J connectivity index is 1.75. The Morgan fingerprint density at radius 2 is 2.16 bits per heavy atom. The summed E-state index contributed by atoms with van der Waals surface area (Å²) in [7, 11) is 3.17. The summed E-state index contributed by atoms with van der Waals surface area (Å²) in [5.74, 6) is 2.06. The van der Waals surface area contributed by atoms with Gasteiger partial charge in [0.05, 0.1) is 25.5 Å². The van der Waals surface area contributed by atoms with Crippen LogP contribution in [-0.2, 0) is 4.79 Å². The van der Waals surface area contributed by atoms with E-state index in [9.17, 15) is 4.79 Å². The second-order valence-electron chi connectivity index (χ2n) is 5.02. The van der Waals surface area contributed by atoms with Crippen LogP contribution >= 0.6 is 11.8 Å². The van der Waals surface area contributed by atoms with Gasteiger partial charge >= 0.3 is 0 Å². The molecule has 0 saturated heterocycles. The van der Waals surface area contributed by atoms with Crippen molar-refractivity contribution < 1.29 is 14.3 Å². The molecule has 1 aromatic heterocycles. The number of carbonyl (C=O) groups is 1. The van der Waals surface area contributed by atoms with Crippen molar-refractivity contribution in [2.75, 3.05) is 20.0 Å². The van der Waals surface area contributed by atoms with Gasteiger partial charge < -0.3 is 9.47 Å². The van der Waals surface area contributed by atoms with Crippen molar-refractivity contribution in [1.29, 1.82) is 0 Å². The van der Waals surface area contributed by atoms with Gasteiger partial charge in [-0.05, 0) is 42.5 Å². The van der Waals surface area contributed by atoms with Gasteiger partial charge in [-0.3, -0.25) is 4.79 Å². The van der Waals surface area contributed by atoms with E-state index in [0.29, 0.717) is 17.9 Å². The summed E-state index contributed by atoms with van der Waals surface area (Å²) in [5, 5.41) is 4.95. The van der Waals surface area contributed by atoms with Crippen molar-refractivity contribution in [3.05, 3.63) is 48.2 Å². The van der Waals surface area contributed by atoms with E-state index in [-0.39, 0.29) is 5.91 Å². The van der Waals surface area contributed by atoms with E-state index >= 15 is 0 Å². The fourth-order valence-electron chi connectivity index (χ4n) is 2.01. The van der Waals surface area contributed by atoms with Crippen molar-refractivity contribution in [3.8, 4) is 11.5 Å². The lowest BCUT2D eigenvalue weighted by Crippen LogP contribution is -2.17. The third-order valence-electron chi connectivity index (χ3n) is 3.27. The van der Waals surface area contributed by atoms with Crippen LogP contribution in [0.15, 0.2) is 52.7 Å². The Morgan fingerprint density at radius 3 is 2.88 bits per heavy atom. The molecule has 2 aromatic rings. The van der Waals surface area contributed by atoms with Crippen LogP contribution in [0.4, 0.5) is 0 Å². The molecule has 0 aliphatic heterocycles. The SMILES string of the molecule is COc1ccc(OC)c(/C=N\NC(=O)CCCSc2ccccn2)c1. The van der Waals surface area contributed by atoms with Crippen LogP contribution in [0.1, 0.15) is 18.4 Å². The van der Waals surface area contributed by atoms with Crippen LogP contribution in [0.5, 0.6) is 11.5 Å². The zero-order chi connectivity index (χ0) is 17.9. The quantitative estimate of drug-likeness (QED) is 0.322. The first-order valence-corrected chi connectivity index (χ1v) is 8.79. The van der Waals surface area contributed by atoms with Gasteiger partial charge in [-0.1, -0.05) is 6.07 Å². The smallest absolute Gasteiger partial charge is 0.240 e. The van der Waals surface area contributed by atoms with Crippen molar-refractivity contribution in [1.82, 2.24) is 10.4 Å². The summed E-state index contributed by atoms with van der Waals surface area (Å²) in [4.78, 5) is 16.0. The molecular formula is C18H21N3O3S. The maximum atomic E-state index is 11.8. The Morgan fingerprint density at radius 1 is 1.28 bits per heavy atom. The predicted octanol–water partition coefficient (Wildman–Crippen LogP) is 3.12. The van der Waals surface area contributed by atoms with E-state index in [1.807, 2.05) is 18.2 Å². The van der Waals surface area contributed by atoms with Crippen molar-refractivity contribution in [2.45, 2.75) is 17.9 Å². The number of hydrogen-bond donors (Lipinski definition) is 1. The van der Waals surface area contributed by atoms with Crippen molar-refractivity contribution >= 4 is 23.9 Å². The molecule has 0 atom stereocenters. The third-order valence-corrected chi connectivity index (χ3v) is 4.30. The van der Waals surface area contributed by atoms with Crippen LogP contribution in [0.2, 0.25) is 0 Å². The molecule has 0 unspecified atom stereocenters. The number of methoxy groups -OCH3 is 2. The molecule has 132 valence electrons. The number of amides is 1. The highest BCUT2D eigenvalue weighted by atomic mass is 32.2. The number of benzene rings is 1. The molecule has 1 aromatic carbocycles. The number of nitrogens with one attached hydrogen (secondary N) is 1. The number of ether oxygens (including phenoxy) is 2. The van der Waals surface area contributed by atoms with Crippen LogP contribution in [0.25, 0.3) is 0 Å². The van der Waals surface area contributed by atoms with E-state index in [0.717, 1.165) is 22.8 Å². The number of nitrogens with zero attached hydrogens (tertiary/aromatic N) is 2. The Bertz CT molecular complexity index is 708. The van der Waals surface area contributed by atoms with Crippen molar-refractivity contribution in [3.63, 3.8) is 0 Å². The van der Waals surface area contributed by atoms with E-state index in [2.05, 4.69) is 15.5 Å². The van der Waals surface area contributed by atoms with Crippen LogP contribution in [-0.4, -0.2) is 37.1 Å². The maximum absolute atomic E-state index is 11.8. The average Bonchev–Trinajstić information content (AvgIpc) is 2.66. The zero-order valence-corrected chi connectivity index (χ0v) is 15.1. The lowest BCUT2D eigenvalue weighted by atomic mass is 10.2. The number of carbonyl (C=O) groups excluding carboxylic acids is 1. The Kier molecular flexibility index (Phi) is 7.78. The molecule has 6 nitrogen and oxygen atoms in total. The van der Waals surface area contributed by atoms with Gasteiger partial charge in [0.1, 0.15) is 11.5 Å². The summed E-state index contributed by atoms with van der Waals surface area (Å²) < 4.78 is 10.4. The van der Waals surface area contributed by atoms with Crippen LogP contribution < -0.4 is 14.9 Å². The minimum absolute atomic E-state index is 0.125. The highest BCUT2D eigenvalue weighted by Crippen LogP contribution is 2.22. The minimum Gasteiger partial charge on any atom is -0.497 e. The van der Waals surface area contributed by atoms with Gasteiger partial charge in [-0.15, -0.1) is 11.8 Å². The summed E-state index contributed by atoms with van der Waals surface area (Å²) in [6, 6.07) is 11.2. The number of hydrazone groups is 1. The molecule has 1 heterocycles. The number of thioether (sulfide) groups is 1. The molecule has 0 spiro atoms. The molecule has 25 heavy (non-hydrogen) atoms. The second kappa shape index (κ2) is 10.4. The Labute approximate surface area is 151 Å². The standard InChI is InChI=1S/C18H21N3O3S/c1-23-15-8-9-16(24-2)14(12-15)13-20-21-17(22)6-5-11-25-18-7-3-4-10-19-18/h3-4,7-10,12-13H,5-6,11H2,1-2H3,(H,21,22)/b20-13-. The number of rotatable bonds is 9. The van der Waals surface area contributed by atoms with Gasteiger partial charge in [0.15, 0.2) is 0 Å². The molecule has 0 aliphatic rings. The summed E-state index contributed by atoms with van der Waals surface area (Å²) in [6.45, 7) is 0. The van der Waals surface area contributed by atoms with E-state index < -0.39 is 0 Å². The van der Waals surface area contributed by atoms with Gasteiger partial charge in [0.25, 0.3) is 0 Å². The molecule has 0 aliphatic carbocycles. The predicted molar refractivity (Wildman–Crippen MR) is 99.5 cm³/mol. The van der Waals surface area contributed by atoms with E-state index in [1.54, 1.807) is 56.6 Å². The monoisotopic (exact) mass is 359 g/mol. The van der Waals surface area contributed by atoms with Crippen molar-refractivity contribution in [2.24, 2.45) is 5.10 Å². The van der Waals surface area contributed by atoms with Gasteiger partial charge in [0, 0.05) is 18.2 Å². The number of hydrogen-bond acceptors (Lipinski definition) is 6. The normalized spacial score (nSPS) is 10.6. The lowest BCUT2D eigenvalue weighted by Gasteiger charge is -2.06. The molecule has 2 rings (SSSR count). The summed E-state index contributed by atoms with van der Waals surface area (Å²) >= 11 is 1.63. The highest BCUT2D eigenvalue weighted by molar-refractivity contribution is 7.99. The zero-order valence-electron chi connectivity index (χ0n) is 14.3. The first kappa shape index (κ1) is 18.8. The molecule has 0 fully saturated rings. The minimum atomic E-state index is -0.125. The first-order valence-electron chi connectivity index (χ1n) is 7.80. The molecule has 0 bridgehead atoms. The number of pyridine rings is 1. The molecule has 1 N–H and O–H groups in total. The third kappa shape index (κ3) is 6.46. The van der Waals surface area contributed by atoms with Gasteiger partial charge in [0.2, 0.25) is 5.91 Å². The fraction of sp³-hybridized carbons (Fsp3) is 0.278. The van der Waals surface area contributed by atoms with Gasteiger partial charge in [-0.25, -0.2) is 10.4 Å². The molecule has 7 heteroatoms. The average molecular weight is 359 g/mol. The van der Waals surface area contributed by atoms with Gasteiger partial charge in [-0.2, -0.15) is 5.10 Å². The fourth-order valence-corrected chi connectivity index (χ4v) is 2.82. The molecule has 0 saturated carbocycles. The lowest BCUT2D eigenvalue weighted by molar-refractivity contribution is -0.121. The van der Waals surface area contributed by atoms with Crippen LogP contribution in [0, 0.1) is 0 Å². The van der Waals surface area contributed by atoms with E-state index in [1.165, 1.54) is 0 Å². The molecule has 1 amide bonds. The first-order chi connectivity index (χ1) is 12.2. The van der Waals surface area contributed by atoms with Crippen LogP contribution in [0.3, 0.4) is 0 Å². The Hall–Kier alpha value is -2.54. The second-order valence-corrected chi connectivity index (χ2v) is 6.14. The van der Waals surface area contributed by atoms with E-state index in [4.69, 9.17) is 9.47 Å².